The van der Waals surface area contributed by atoms with E-state index < -0.39 is 0 Å². The highest BCUT2D eigenvalue weighted by atomic mass is 16.5. The molecule has 0 fully saturated rings. The summed E-state index contributed by atoms with van der Waals surface area (Å²) in [6, 6.07) is 0. The number of carbonyl (C=O) groups excluding carboxylic acids is 2. The third kappa shape index (κ3) is 6.99. The van der Waals surface area contributed by atoms with Gasteiger partial charge in [-0.25, -0.2) is 0 Å². The Morgan fingerprint density at radius 2 is 2.25 bits per heavy atom. The Kier molecular flexibility index (Phi) is 7.24. The molecule has 12 heavy (non-hydrogen) atoms. The molecule has 0 unspecified atom stereocenters. The smallest absolute Gasteiger partial charge is 0.305 e. The van der Waals surface area contributed by atoms with Gasteiger partial charge in [-0.1, -0.05) is 6.08 Å². The molecule has 0 atom stereocenters. The van der Waals surface area contributed by atoms with Crippen LogP contribution in [0.5, 0.6) is 0 Å². The van der Waals surface area contributed by atoms with Crippen LogP contribution in [0.1, 0.15) is 26.2 Å². The molecular formula is C9H14O3. The average molecular weight is 170 g/mol. The summed E-state index contributed by atoms with van der Waals surface area (Å²) in [6.07, 6.45) is 5.82. The zero-order valence-corrected chi connectivity index (χ0v) is 7.29. The van der Waals surface area contributed by atoms with Crippen LogP contribution in [0.25, 0.3) is 0 Å². The molecule has 0 aliphatic carbocycles. The predicted octanol–water partition coefficient (Wildman–Crippen LogP) is 1.47. The molecule has 0 aliphatic rings. The van der Waals surface area contributed by atoms with Crippen LogP contribution in [0.4, 0.5) is 0 Å². The molecule has 0 saturated carbocycles. The van der Waals surface area contributed by atoms with E-state index in [9.17, 15) is 9.59 Å². The van der Waals surface area contributed by atoms with Gasteiger partial charge in [0.2, 0.25) is 0 Å². The third-order valence-electron chi connectivity index (χ3n) is 1.27. The van der Waals surface area contributed by atoms with Gasteiger partial charge in [-0.3, -0.25) is 9.59 Å². The summed E-state index contributed by atoms with van der Waals surface area (Å²) in [5, 5.41) is 0. The van der Waals surface area contributed by atoms with Crippen LogP contribution in [-0.4, -0.2) is 18.9 Å². The lowest BCUT2D eigenvalue weighted by Gasteiger charge is -1.98. The van der Waals surface area contributed by atoms with Crippen LogP contribution < -0.4 is 0 Å². The van der Waals surface area contributed by atoms with Crippen LogP contribution >= 0.6 is 0 Å². The predicted molar refractivity (Wildman–Crippen MR) is 45.7 cm³/mol. The summed E-state index contributed by atoms with van der Waals surface area (Å²) in [7, 11) is 0. The first-order valence-corrected chi connectivity index (χ1v) is 4.07. The van der Waals surface area contributed by atoms with Crippen molar-refractivity contribution in [2.45, 2.75) is 26.2 Å². The van der Waals surface area contributed by atoms with Gasteiger partial charge in [-0.05, 0) is 25.8 Å². The highest BCUT2D eigenvalue weighted by Gasteiger charge is 1.98. The van der Waals surface area contributed by atoms with Crippen molar-refractivity contribution in [2.75, 3.05) is 6.61 Å². The lowest BCUT2D eigenvalue weighted by molar-refractivity contribution is -0.143. The second-order valence-electron chi connectivity index (χ2n) is 2.26. The number of carbonyl (C=O) groups is 2. The zero-order chi connectivity index (χ0) is 9.23. The van der Waals surface area contributed by atoms with Crippen molar-refractivity contribution < 1.29 is 14.3 Å². The molecule has 0 spiro atoms. The molecule has 0 aromatic rings. The van der Waals surface area contributed by atoms with Gasteiger partial charge >= 0.3 is 5.97 Å². The van der Waals surface area contributed by atoms with Gasteiger partial charge in [0.1, 0.15) is 6.29 Å². The molecular weight excluding hydrogens is 156 g/mol. The highest BCUT2D eigenvalue weighted by Crippen LogP contribution is 1.98. The lowest BCUT2D eigenvalue weighted by atomic mass is 10.2. The molecule has 0 N–H and O–H groups in total. The topological polar surface area (TPSA) is 43.4 Å². The molecule has 3 nitrogen and oxygen atoms in total. The molecule has 0 aromatic carbocycles. The number of rotatable bonds is 6. The first-order valence-electron chi connectivity index (χ1n) is 4.07. The highest BCUT2D eigenvalue weighted by molar-refractivity contribution is 5.69. The summed E-state index contributed by atoms with van der Waals surface area (Å²) in [5.74, 6) is -0.169. The zero-order valence-electron chi connectivity index (χ0n) is 7.29. The van der Waals surface area contributed by atoms with Gasteiger partial charge < -0.3 is 4.74 Å². The van der Waals surface area contributed by atoms with Gasteiger partial charge in [-0.15, -0.1) is 0 Å². The van der Waals surface area contributed by atoms with Crippen molar-refractivity contribution in [3.8, 4) is 0 Å². The van der Waals surface area contributed by atoms with Gasteiger partial charge in [0.15, 0.2) is 0 Å². The molecule has 0 saturated heterocycles. The van der Waals surface area contributed by atoms with Crippen molar-refractivity contribution in [1.82, 2.24) is 0 Å². The van der Waals surface area contributed by atoms with Crippen LogP contribution in [0, 0.1) is 0 Å². The maximum atomic E-state index is 10.8. The fourth-order valence-corrected chi connectivity index (χ4v) is 0.749. The Balaban J connectivity index is 3.24. The van der Waals surface area contributed by atoms with E-state index in [0.717, 1.165) is 19.1 Å². The number of hydrogen-bond acceptors (Lipinski definition) is 3. The first kappa shape index (κ1) is 10.9. The Morgan fingerprint density at radius 1 is 1.50 bits per heavy atom. The van der Waals surface area contributed by atoms with E-state index in [-0.39, 0.29) is 5.97 Å². The van der Waals surface area contributed by atoms with Gasteiger partial charge in [-0.2, -0.15) is 0 Å². The Bertz CT molecular complexity index is 161. The van der Waals surface area contributed by atoms with E-state index in [4.69, 9.17) is 4.74 Å². The maximum absolute atomic E-state index is 10.8. The summed E-state index contributed by atoms with van der Waals surface area (Å²) < 4.78 is 4.72. The monoisotopic (exact) mass is 170 g/mol. The van der Waals surface area contributed by atoms with Gasteiger partial charge in [0.25, 0.3) is 0 Å². The van der Waals surface area contributed by atoms with E-state index in [1.807, 2.05) is 0 Å². The molecule has 3 heteroatoms. The fourth-order valence-electron chi connectivity index (χ4n) is 0.749. The van der Waals surface area contributed by atoms with Crippen LogP contribution in [-0.2, 0) is 14.3 Å². The molecule has 0 rings (SSSR count). The molecule has 0 aromatic heterocycles. The molecule has 68 valence electrons. The summed E-state index contributed by atoms with van der Waals surface area (Å²) in [4.78, 5) is 20.6. The number of unbranched alkanes of at least 4 members (excludes halogenated alkanes) is 1. The minimum Gasteiger partial charge on any atom is -0.466 e. The van der Waals surface area contributed by atoms with E-state index in [0.29, 0.717) is 13.0 Å². The first-order chi connectivity index (χ1) is 5.81. The number of allylic oxidation sites excluding steroid dienone is 2. The van der Waals surface area contributed by atoms with Crippen molar-refractivity contribution in [1.29, 1.82) is 0 Å². The van der Waals surface area contributed by atoms with Gasteiger partial charge in [0, 0.05) is 6.42 Å². The van der Waals surface area contributed by atoms with Crippen LogP contribution in [0.15, 0.2) is 12.2 Å². The van der Waals surface area contributed by atoms with E-state index >= 15 is 0 Å². The summed E-state index contributed by atoms with van der Waals surface area (Å²) in [5.41, 5.74) is 0. The summed E-state index contributed by atoms with van der Waals surface area (Å²) >= 11 is 0. The summed E-state index contributed by atoms with van der Waals surface area (Å²) in [6.45, 7) is 2.22. The van der Waals surface area contributed by atoms with Crippen LogP contribution in [0.2, 0.25) is 0 Å². The second kappa shape index (κ2) is 7.98. The molecule has 0 aliphatic heterocycles. The number of ether oxygens (including phenoxy) is 1. The lowest BCUT2D eigenvalue weighted by Crippen LogP contribution is -2.02. The molecule has 0 radical (unpaired) electrons. The molecule has 0 amide bonds. The molecule has 0 bridgehead atoms. The Morgan fingerprint density at radius 3 is 2.83 bits per heavy atom. The Hall–Kier alpha value is -1.12. The van der Waals surface area contributed by atoms with E-state index in [1.54, 1.807) is 13.0 Å². The number of hydrogen-bond donors (Lipinski definition) is 0. The minimum atomic E-state index is -0.169. The Labute approximate surface area is 72.4 Å². The fraction of sp³-hybridized carbons (Fsp3) is 0.556. The second-order valence-corrected chi connectivity index (χ2v) is 2.26. The SMILES string of the molecule is CCOC(=O)CCCC=CC=O. The molecule has 0 heterocycles. The average Bonchev–Trinajstić information content (AvgIpc) is 2.05. The third-order valence-corrected chi connectivity index (χ3v) is 1.27. The van der Waals surface area contributed by atoms with Crippen molar-refractivity contribution in [3.63, 3.8) is 0 Å². The van der Waals surface area contributed by atoms with Crippen molar-refractivity contribution in [2.24, 2.45) is 0 Å². The number of esters is 1. The van der Waals surface area contributed by atoms with Crippen LogP contribution in [0.3, 0.4) is 0 Å². The van der Waals surface area contributed by atoms with Gasteiger partial charge in [0.05, 0.1) is 6.61 Å². The normalized spacial score (nSPS) is 10.1. The van der Waals surface area contributed by atoms with E-state index in [2.05, 4.69) is 0 Å². The largest absolute Gasteiger partial charge is 0.466 e. The van der Waals surface area contributed by atoms with E-state index in [1.165, 1.54) is 6.08 Å². The number of aldehydes is 1. The minimum absolute atomic E-state index is 0.169. The quantitative estimate of drug-likeness (QED) is 0.262. The standard InChI is InChI=1S/C9H14O3/c1-2-12-9(11)7-5-3-4-6-8-10/h4,6,8H,2-3,5,7H2,1H3. The van der Waals surface area contributed by atoms with Crippen molar-refractivity contribution >= 4 is 12.3 Å². The van der Waals surface area contributed by atoms with Crippen molar-refractivity contribution in [3.05, 3.63) is 12.2 Å². The maximum Gasteiger partial charge on any atom is 0.305 e.